The van der Waals surface area contributed by atoms with E-state index in [0.717, 1.165) is 11.1 Å². The molecular formula is C23H24N2O6S. The molecular weight excluding hydrogens is 432 g/mol. The van der Waals surface area contributed by atoms with Crippen LogP contribution in [0.4, 0.5) is 0 Å². The molecule has 0 N–H and O–H groups in total. The summed E-state index contributed by atoms with van der Waals surface area (Å²) in [5, 5.41) is 0. The third-order valence-electron chi connectivity index (χ3n) is 5.10. The normalized spacial score (nSPS) is 14.9. The number of carbonyl (C=O) groups is 1. The van der Waals surface area contributed by atoms with Crippen molar-refractivity contribution in [2.45, 2.75) is 24.3 Å². The van der Waals surface area contributed by atoms with E-state index in [2.05, 4.69) is 4.98 Å². The van der Waals surface area contributed by atoms with Gasteiger partial charge in [-0.3, -0.25) is 4.79 Å². The van der Waals surface area contributed by atoms with Gasteiger partial charge in [-0.2, -0.15) is 4.31 Å². The molecule has 8 nitrogen and oxygen atoms in total. The van der Waals surface area contributed by atoms with Gasteiger partial charge in [0.25, 0.3) is 0 Å². The quantitative estimate of drug-likeness (QED) is 0.481. The van der Waals surface area contributed by atoms with Crippen LogP contribution in [0.2, 0.25) is 0 Å². The first-order chi connectivity index (χ1) is 15.5. The number of aromatic nitrogens is 1. The van der Waals surface area contributed by atoms with Gasteiger partial charge in [-0.15, -0.1) is 0 Å². The van der Waals surface area contributed by atoms with Crippen LogP contribution in [-0.2, 0) is 37.3 Å². The fourth-order valence-electron chi connectivity index (χ4n) is 3.32. The number of nitrogens with zero attached hydrogens (tertiary/aromatic N) is 2. The third kappa shape index (κ3) is 5.42. The Hall–Kier alpha value is -3.01. The van der Waals surface area contributed by atoms with Gasteiger partial charge in [-0.05, 0) is 36.2 Å². The number of sulfonamides is 1. The molecule has 32 heavy (non-hydrogen) atoms. The number of ether oxygens (including phenoxy) is 2. The lowest BCUT2D eigenvalue weighted by Gasteiger charge is -2.26. The number of carbonyl (C=O) groups excluding carboxylic acids is 1. The molecule has 3 aromatic rings. The van der Waals surface area contributed by atoms with Crippen molar-refractivity contribution >= 4 is 16.0 Å². The van der Waals surface area contributed by atoms with Crippen molar-refractivity contribution in [2.24, 2.45) is 0 Å². The van der Waals surface area contributed by atoms with E-state index in [1.807, 2.05) is 30.3 Å². The molecule has 0 spiro atoms. The van der Waals surface area contributed by atoms with Crippen LogP contribution < -0.4 is 0 Å². The largest absolute Gasteiger partial charge is 0.459 e. The summed E-state index contributed by atoms with van der Waals surface area (Å²) >= 11 is 0. The summed E-state index contributed by atoms with van der Waals surface area (Å²) < 4.78 is 42.7. The molecule has 0 unspecified atom stereocenters. The van der Waals surface area contributed by atoms with Gasteiger partial charge in [0, 0.05) is 25.1 Å². The van der Waals surface area contributed by atoms with Gasteiger partial charge in [-0.25, -0.2) is 13.4 Å². The maximum Gasteiger partial charge on any atom is 0.306 e. The fraction of sp³-hybridized carbons (Fsp3) is 0.304. The molecule has 4 rings (SSSR count). The van der Waals surface area contributed by atoms with E-state index in [4.69, 9.17) is 13.9 Å². The topological polar surface area (TPSA) is 98.9 Å². The minimum Gasteiger partial charge on any atom is -0.459 e. The Morgan fingerprint density at radius 2 is 1.75 bits per heavy atom. The molecule has 0 atom stereocenters. The standard InChI is InChI=1S/C23H24N2O6S/c26-22(30-16-20-17-31-23(24-20)19-4-2-1-3-5-19)11-8-18-6-9-21(10-7-18)32(27,28)25-12-14-29-15-13-25/h1-7,9-10,17H,8,11-16H2. The highest BCUT2D eigenvalue weighted by atomic mass is 32.2. The summed E-state index contributed by atoms with van der Waals surface area (Å²) in [6.45, 7) is 1.55. The molecule has 2 aromatic carbocycles. The van der Waals surface area contributed by atoms with Crippen molar-refractivity contribution in [3.63, 3.8) is 0 Å². The van der Waals surface area contributed by atoms with Crippen LogP contribution in [0, 0.1) is 0 Å². The molecule has 0 saturated carbocycles. The Bertz CT molecular complexity index is 1140. The van der Waals surface area contributed by atoms with Crippen molar-refractivity contribution in [3.8, 4) is 11.5 Å². The predicted octanol–water partition coefficient (Wildman–Crippen LogP) is 3.04. The lowest BCUT2D eigenvalue weighted by atomic mass is 10.1. The third-order valence-corrected chi connectivity index (χ3v) is 7.02. The molecule has 1 aliphatic rings. The Kier molecular flexibility index (Phi) is 6.99. The maximum atomic E-state index is 12.7. The molecule has 1 aliphatic heterocycles. The second-order valence-corrected chi connectivity index (χ2v) is 9.27. The lowest BCUT2D eigenvalue weighted by molar-refractivity contribution is -0.145. The minimum absolute atomic E-state index is 0.0336. The molecule has 0 bridgehead atoms. The van der Waals surface area contributed by atoms with Crippen LogP contribution in [0.1, 0.15) is 17.7 Å². The first-order valence-corrected chi connectivity index (χ1v) is 11.8. The van der Waals surface area contributed by atoms with E-state index in [-0.39, 0.29) is 23.9 Å². The molecule has 168 valence electrons. The number of morpholine rings is 1. The smallest absolute Gasteiger partial charge is 0.306 e. The minimum atomic E-state index is -3.52. The Morgan fingerprint density at radius 1 is 1.03 bits per heavy atom. The average Bonchev–Trinajstić information content (AvgIpc) is 3.32. The summed E-state index contributed by atoms with van der Waals surface area (Å²) in [5.74, 6) is 0.114. The van der Waals surface area contributed by atoms with Crippen molar-refractivity contribution in [1.82, 2.24) is 9.29 Å². The molecule has 1 saturated heterocycles. The number of rotatable bonds is 8. The van der Waals surface area contributed by atoms with E-state index < -0.39 is 10.0 Å². The van der Waals surface area contributed by atoms with Gasteiger partial charge < -0.3 is 13.9 Å². The fourth-order valence-corrected chi connectivity index (χ4v) is 4.73. The number of hydrogen-bond acceptors (Lipinski definition) is 7. The average molecular weight is 457 g/mol. The highest BCUT2D eigenvalue weighted by molar-refractivity contribution is 7.89. The number of oxazole rings is 1. The number of esters is 1. The second-order valence-electron chi connectivity index (χ2n) is 7.33. The zero-order valence-corrected chi connectivity index (χ0v) is 18.3. The first kappa shape index (κ1) is 22.2. The number of benzene rings is 2. The van der Waals surface area contributed by atoms with Crippen molar-refractivity contribution < 1.29 is 27.1 Å². The highest BCUT2D eigenvalue weighted by Gasteiger charge is 2.26. The van der Waals surface area contributed by atoms with Crippen LogP contribution in [0.3, 0.4) is 0 Å². The molecule has 1 fully saturated rings. The first-order valence-electron chi connectivity index (χ1n) is 10.3. The molecule has 0 radical (unpaired) electrons. The zero-order chi connectivity index (χ0) is 22.4. The molecule has 9 heteroatoms. The van der Waals surface area contributed by atoms with Gasteiger partial charge in [0.1, 0.15) is 18.6 Å². The number of aryl methyl sites for hydroxylation is 1. The molecule has 1 aromatic heterocycles. The SMILES string of the molecule is O=C(CCc1ccc(S(=O)(=O)N2CCOCC2)cc1)OCc1coc(-c2ccccc2)n1. The van der Waals surface area contributed by atoms with Gasteiger partial charge in [0.05, 0.1) is 18.1 Å². The molecule has 0 amide bonds. The van der Waals surface area contributed by atoms with E-state index in [0.29, 0.717) is 44.3 Å². The zero-order valence-electron chi connectivity index (χ0n) is 17.5. The summed E-state index contributed by atoms with van der Waals surface area (Å²) in [6.07, 6.45) is 2.10. The van der Waals surface area contributed by atoms with E-state index in [1.54, 1.807) is 24.3 Å². The van der Waals surface area contributed by atoms with E-state index in [9.17, 15) is 13.2 Å². The number of hydrogen-bond donors (Lipinski definition) is 0. The Morgan fingerprint density at radius 3 is 2.47 bits per heavy atom. The Labute approximate surface area is 186 Å². The summed E-state index contributed by atoms with van der Waals surface area (Å²) in [4.78, 5) is 16.7. The van der Waals surface area contributed by atoms with Gasteiger partial charge in [0.15, 0.2) is 0 Å². The monoisotopic (exact) mass is 456 g/mol. The summed E-state index contributed by atoms with van der Waals surface area (Å²) in [5.41, 5.74) is 2.25. The van der Waals surface area contributed by atoms with Crippen LogP contribution in [0.15, 0.2) is 70.2 Å². The van der Waals surface area contributed by atoms with Crippen molar-refractivity contribution in [2.75, 3.05) is 26.3 Å². The van der Waals surface area contributed by atoms with E-state index >= 15 is 0 Å². The van der Waals surface area contributed by atoms with Crippen LogP contribution in [-0.4, -0.2) is 50.0 Å². The van der Waals surface area contributed by atoms with Crippen LogP contribution in [0.25, 0.3) is 11.5 Å². The van der Waals surface area contributed by atoms with E-state index in [1.165, 1.54) is 10.6 Å². The summed E-state index contributed by atoms with van der Waals surface area (Å²) in [6, 6.07) is 16.1. The van der Waals surface area contributed by atoms with Crippen molar-refractivity contribution in [3.05, 3.63) is 72.1 Å². The van der Waals surface area contributed by atoms with Gasteiger partial charge in [-0.1, -0.05) is 30.3 Å². The van der Waals surface area contributed by atoms with Gasteiger partial charge >= 0.3 is 5.97 Å². The summed E-state index contributed by atoms with van der Waals surface area (Å²) in [7, 11) is -3.52. The van der Waals surface area contributed by atoms with Crippen LogP contribution in [0.5, 0.6) is 0 Å². The molecule has 0 aliphatic carbocycles. The van der Waals surface area contributed by atoms with Crippen molar-refractivity contribution in [1.29, 1.82) is 0 Å². The van der Waals surface area contributed by atoms with Gasteiger partial charge in [0.2, 0.25) is 15.9 Å². The lowest BCUT2D eigenvalue weighted by Crippen LogP contribution is -2.40. The highest BCUT2D eigenvalue weighted by Crippen LogP contribution is 2.20. The maximum absolute atomic E-state index is 12.7. The second kappa shape index (κ2) is 10.1. The Balaban J connectivity index is 1.26. The van der Waals surface area contributed by atoms with Crippen LogP contribution >= 0.6 is 0 Å². The molecule has 2 heterocycles. The predicted molar refractivity (Wildman–Crippen MR) is 116 cm³/mol.